The van der Waals surface area contributed by atoms with E-state index in [2.05, 4.69) is 15.3 Å². The molecule has 2 heterocycles. The Bertz CT molecular complexity index is 896. The molecule has 5 rings (SSSR count). The van der Waals surface area contributed by atoms with Crippen molar-refractivity contribution in [2.45, 2.75) is 38.1 Å². The van der Waals surface area contributed by atoms with Gasteiger partial charge in [-0.05, 0) is 37.2 Å². The van der Waals surface area contributed by atoms with Crippen molar-refractivity contribution in [3.8, 4) is 0 Å². The number of anilines is 2. The minimum Gasteiger partial charge on any atom is -0.383 e. The fraction of sp³-hybridized carbons (Fsp3) is 0.421. The van der Waals surface area contributed by atoms with Crippen molar-refractivity contribution in [2.24, 2.45) is 11.8 Å². The molecule has 0 saturated heterocycles. The highest BCUT2D eigenvalue weighted by Gasteiger charge is 2.36. The Morgan fingerprint density at radius 2 is 1.93 bits per heavy atom. The Hall–Kier alpha value is -2.28. The number of hydrogen-bond donors (Lipinski definition) is 3. The van der Waals surface area contributed by atoms with Gasteiger partial charge in [-0.2, -0.15) is 0 Å². The molecule has 0 aliphatic heterocycles. The molecule has 0 spiro atoms. The van der Waals surface area contributed by atoms with Crippen LogP contribution in [0, 0.1) is 28.9 Å². The Labute approximate surface area is 160 Å². The van der Waals surface area contributed by atoms with E-state index in [0.717, 1.165) is 25.3 Å². The lowest BCUT2D eigenvalue weighted by atomic mass is 9.68. The van der Waals surface area contributed by atoms with Crippen LogP contribution >= 0.6 is 11.6 Å². The number of fused-ring (bicyclic) bond motifs is 3. The lowest BCUT2D eigenvalue weighted by Crippen LogP contribution is -2.40. The number of rotatable bonds is 4. The first-order valence-electron chi connectivity index (χ1n) is 9.05. The number of nitrogens with one attached hydrogen (secondary N) is 2. The molecule has 3 fully saturated rings. The highest BCUT2D eigenvalue weighted by Crippen LogP contribution is 2.42. The van der Waals surface area contributed by atoms with Crippen LogP contribution in [0.2, 0.25) is 5.02 Å². The molecule has 142 valence electrons. The van der Waals surface area contributed by atoms with E-state index in [9.17, 15) is 8.78 Å². The van der Waals surface area contributed by atoms with Gasteiger partial charge < -0.3 is 11.1 Å². The van der Waals surface area contributed by atoms with Crippen LogP contribution in [0.3, 0.4) is 0 Å². The van der Waals surface area contributed by atoms with Crippen LogP contribution in [0.15, 0.2) is 18.3 Å². The van der Waals surface area contributed by atoms with E-state index in [1.165, 1.54) is 25.1 Å². The third-order valence-electron chi connectivity index (χ3n) is 5.69. The van der Waals surface area contributed by atoms with Crippen molar-refractivity contribution in [1.29, 1.82) is 5.41 Å². The van der Waals surface area contributed by atoms with Crippen molar-refractivity contribution in [3.05, 3.63) is 46.2 Å². The summed E-state index contributed by atoms with van der Waals surface area (Å²) < 4.78 is 28.7. The van der Waals surface area contributed by atoms with Crippen molar-refractivity contribution < 1.29 is 8.78 Å². The molecule has 2 bridgehead atoms. The molecule has 27 heavy (non-hydrogen) atoms. The first-order valence-corrected chi connectivity index (χ1v) is 9.43. The molecule has 2 aromatic rings. The molecule has 1 unspecified atom stereocenters. The maximum atomic E-state index is 14.4. The van der Waals surface area contributed by atoms with Gasteiger partial charge in [-0.25, -0.2) is 18.7 Å². The van der Waals surface area contributed by atoms with Gasteiger partial charge in [0, 0.05) is 23.9 Å². The average Bonchev–Trinajstić information content (AvgIpc) is 2.66. The zero-order valence-electron chi connectivity index (χ0n) is 14.6. The Balaban J connectivity index is 1.65. The van der Waals surface area contributed by atoms with Crippen molar-refractivity contribution in [1.82, 2.24) is 9.97 Å². The third kappa shape index (κ3) is 3.48. The van der Waals surface area contributed by atoms with Crippen LogP contribution in [-0.2, 0) is 0 Å². The van der Waals surface area contributed by atoms with Gasteiger partial charge in [0.15, 0.2) is 17.5 Å². The zero-order valence-corrected chi connectivity index (χ0v) is 15.4. The van der Waals surface area contributed by atoms with Gasteiger partial charge in [-0.1, -0.05) is 24.4 Å². The van der Waals surface area contributed by atoms with E-state index in [-0.39, 0.29) is 39.7 Å². The summed E-state index contributed by atoms with van der Waals surface area (Å²) in [6.45, 7) is 0. The van der Waals surface area contributed by atoms with Gasteiger partial charge in [-0.3, -0.25) is 5.41 Å². The van der Waals surface area contributed by atoms with E-state index in [1.807, 2.05) is 0 Å². The monoisotopic (exact) mass is 391 g/mol. The van der Waals surface area contributed by atoms with Crippen molar-refractivity contribution in [2.75, 3.05) is 11.1 Å². The predicted molar refractivity (Wildman–Crippen MR) is 101 cm³/mol. The smallest absolute Gasteiger partial charge is 0.168 e. The Morgan fingerprint density at radius 1 is 1.19 bits per heavy atom. The molecule has 0 radical (unpaired) electrons. The van der Waals surface area contributed by atoms with Crippen molar-refractivity contribution in [3.63, 3.8) is 0 Å². The summed E-state index contributed by atoms with van der Waals surface area (Å²) in [5, 5.41) is 11.7. The summed E-state index contributed by atoms with van der Waals surface area (Å²) in [7, 11) is 0. The Kier molecular flexibility index (Phi) is 4.72. The van der Waals surface area contributed by atoms with E-state index < -0.39 is 11.6 Å². The van der Waals surface area contributed by atoms with Crippen LogP contribution in [0.25, 0.3) is 0 Å². The van der Waals surface area contributed by atoms with Crippen molar-refractivity contribution >= 4 is 28.9 Å². The summed E-state index contributed by atoms with van der Waals surface area (Å²) in [5.74, 6) is -0.533. The maximum Gasteiger partial charge on any atom is 0.168 e. The Morgan fingerprint density at radius 3 is 2.59 bits per heavy atom. The van der Waals surface area contributed by atoms with Gasteiger partial charge >= 0.3 is 0 Å². The first kappa shape index (κ1) is 18.1. The maximum absolute atomic E-state index is 14.4. The lowest BCUT2D eigenvalue weighted by molar-refractivity contribution is 0.157. The molecule has 1 atom stereocenters. The van der Waals surface area contributed by atoms with Gasteiger partial charge in [0.05, 0.1) is 10.7 Å². The second kappa shape index (κ2) is 7.03. The molecule has 8 heteroatoms. The van der Waals surface area contributed by atoms with Crippen LogP contribution in [0.1, 0.15) is 43.4 Å². The number of nitrogens with zero attached hydrogens (tertiary/aromatic N) is 2. The minimum absolute atomic E-state index is 0.0257. The molecule has 3 saturated carbocycles. The fourth-order valence-corrected chi connectivity index (χ4v) is 4.41. The quantitative estimate of drug-likeness (QED) is 0.674. The van der Waals surface area contributed by atoms with E-state index in [4.69, 9.17) is 22.7 Å². The second-order valence-electron chi connectivity index (χ2n) is 7.38. The van der Waals surface area contributed by atoms with Crippen LogP contribution in [-0.4, -0.2) is 21.7 Å². The van der Waals surface area contributed by atoms with Gasteiger partial charge in [0.2, 0.25) is 0 Å². The molecule has 4 N–H and O–H groups in total. The molecule has 5 nitrogen and oxygen atoms in total. The number of hydrogen-bond acceptors (Lipinski definition) is 5. The summed E-state index contributed by atoms with van der Waals surface area (Å²) in [5.41, 5.74) is 5.38. The number of aromatic nitrogens is 2. The van der Waals surface area contributed by atoms with Gasteiger partial charge in [0.1, 0.15) is 11.5 Å². The largest absolute Gasteiger partial charge is 0.383 e. The first-order chi connectivity index (χ1) is 12.9. The average molecular weight is 392 g/mol. The molecule has 3 aliphatic rings. The van der Waals surface area contributed by atoms with E-state index >= 15 is 0 Å². The SMILES string of the molecule is N=C(c1cc(Cl)cnc1N)c1nc(NC2CC3CCC2CC3)c(F)cc1F. The highest BCUT2D eigenvalue weighted by atomic mass is 35.5. The predicted octanol–water partition coefficient (Wildman–Crippen LogP) is 4.40. The molecule has 0 aromatic carbocycles. The molecular formula is C19H20ClF2N5. The summed E-state index contributed by atoms with van der Waals surface area (Å²) in [4.78, 5) is 7.96. The number of halogens is 3. The molecule has 0 amide bonds. The second-order valence-corrected chi connectivity index (χ2v) is 7.81. The normalized spacial score (nSPS) is 24.0. The molecular weight excluding hydrogens is 372 g/mol. The zero-order chi connectivity index (χ0) is 19.1. The molecule has 2 aromatic heterocycles. The third-order valence-corrected chi connectivity index (χ3v) is 5.90. The van der Waals surface area contributed by atoms with Crippen LogP contribution < -0.4 is 11.1 Å². The lowest BCUT2D eigenvalue weighted by Gasteiger charge is -2.42. The standard InChI is InChI=1S/C19H20ClF2N5/c20-11-6-12(18(24)25-8-11)16(23)17-13(21)7-14(22)19(27-17)26-15-5-9-1-3-10(15)4-2-9/h6-10,15,23H,1-5H2,(H2,24,25)(H,26,27). The van der Waals surface area contributed by atoms with Gasteiger partial charge in [-0.15, -0.1) is 0 Å². The van der Waals surface area contributed by atoms with Crippen LogP contribution in [0.4, 0.5) is 20.4 Å². The van der Waals surface area contributed by atoms with Crippen LogP contribution in [0.5, 0.6) is 0 Å². The molecule has 3 aliphatic carbocycles. The van der Waals surface area contributed by atoms with Gasteiger partial charge in [0.25, 0.3) is 0 Å². The number of pyridine rings is 2. The highest BCUT2D eigenvalue weighted by molar-refractivity contribution is 6.31. The van der Waals surface area contributed by atoms with E-state index in [1.54, 1.807) is 0 Å². The summed E-state index contributed by atoms with van der Waals surface area (Å²) in [6, 6.07) is 2.31. The summed E-state index contributed by atoms with van der Waals surface area (Å²) >= 11 is 5.91. The number of nitrogen functional groups attached to an aromatic ring is 1. The topological polar surface area (TPSA) is 87.7 Å². The minimum atomic E-state index is -0.924. The number of nitrogens with two attached hydrogens (primary N) is 1. The van der Waals surface area contributed by atoms with E-state index in [0.29, 0.717) is 11.8 Å². The fourth-order valence-electron chi connectivity index (χ4n) is 4.25. The summed E-state index contributed by atoms with van der Waals surface area (Å²) in [6.07, 6.45) is 7.00.